The molecule has 104 valence electrons. The summed E-state index contributed by atoms with van der Waals surface area (Å²) in [5.74, 6) is -0.310. The summed E-state index contributed by atoms with van der Waals surface area (Å²) in [5, 5.41) is 3.20. The number of anilines is 1. The normalized spacial score (nSPS) is 11.8. The molecule has 0 spiro atoms. The Morgan fingerprint density at radius 3 is 2.50 bits per heavy atom. The highest BCUT2D eigenvalue weighted by Crippen LogP contribution is 2.25. The molecule has 2 rings (SSSR count). The van der Waals surface area contributed by atoms with Gasteiger partial charge in [0, 0.05) is 10.2 Å². The SMILES string of the molecule is COC(=O)C(Nc1ccccc1)c1ccc(Br)c(C)c1. The highest BCUT2D eigenvalue weighted by Gasteiger charge is 2.21. The molecule has 0 radical (unpaired) electrons. The smallest absolute Gasteiger partial charge is 0.332 e. The van der Waals surface area contributed by atoms with Gasteiger partial charge < -0.3 is 10.1 Å². The fourth-order valence-electron chi connectivity index (χ4n) is 1.94. The maximum absolute atomic E-state index is 12.0. The van der Waals surface area contributed by atoms with Gasteiger partial charge in [0.2, 0.25) is 0 Å². The summed E-state index contributed by atoms with van der Waals surface area (Å²) in [7, 11) is 1.40. The van der Waals surface area contributed by atoms with E-state index in [2.05, 4.69) is 21.2 Å². The summed E-state index contributed by atoms with van der Waals surface area (Å²) in [6.45, 7) is 1.99. The van der Waals surface area contributed by atoms with Crippen LogP contribution in [0.15, 0.2) is 53.0 Å². The molecule has 0 saturated heterocycles. The molecular weight excluding hydrogens is 318 g/mol. The molecule has 1 N–H and O–H groups in total. The van der Waals surface area contributed by atoms with Crippen LogP contribution in [0, 0.1) is 6.92 Å². The second-order valence-electron chi connectivity index (χ2n) is 4.48. The molecule has 0 fully saturated rings. The number of carbonyl (C=O) groups is 1. The fraction of sp³-hybridized carbons (Fsp3) is 0.188. The lowest BCUT2D eigenvalue weighted by Gasteiger charge is -2.18. The van der Waals surface area contributed by atoms with Gasteiger partial charge in [-0.1, -0.05) is 46.3 Å². The first-order chi connectivity index (χ1) is 9.61. The van der Waals surface area contributed by atoms with Gasteiger partial charge in [-0.15, -0.1) is 0 Å². The zero-order valence-electron chi connectivity index (χ0n) is 11.4. The average molecular weight is 334 g/mol. The van der Waals surface area contributed by atoms with Gasteiger partial charge >= 0.3 is 5.97 Å². The van der Waals surface area contributed by atoms with Crippen LogP contribution in [0.2, 0.25) is 0 Å². The van der Waals surface area contributed by atoms with E-state index < -0.39 is 6.04 Å². The number of carbonyl (C=O) groups excluding carboxylic acids is 1. The van der Waals surface area contributed by atoms with Crippen molar-refractivity contribution in [2.45, 2.75) is 13.0 Å². The Morgan fingerprint density at radius 2 is 1.90 bits per heavy atom. The van der Waals surface area contributed by atoms with E-state index in [4.69, 9.17) is 4.74 Å². The number of methoxy groups -OCH3 is 1. The van der Waals surface area contributed by atoms with Crippen LogP contribution in [0.3, 0.4) is 0 Å². The number of ether oxygens (including phenoxy) is 1. The standard InChI is InChI=1S/C16H16BrNO2/c1-11-10-12(8-9-14(11)17)15(16(19)20-2)18-13-6-4-3-5-7-13/h3-10,15,18H,1-2H3. The number of hydrogen-bond acceptors (Lipinski definition) is 3. The Kier molecular flexibility index (Phi) is 4.79. The van der Waals surface area contributed by atoms with Crippen molar-refractivity contribution in [3.05, 3.63) is 64.1 Å². The van der Waals surface area contributed by atoms with Crippen LogP contribution < -0.4 is 5.32 Å². The minimum atomic E-state index is -0.519. The summed E-state index contributed by atoms with van der Waals surface area (Å²) in [4.78, 5) is 12.0. The molecule has 0 aliphatic heterocycles. The number of aryl methyl sites for hydroxylation is 1. The Morgan fingerprint density at radius 1 is 1.20 bits per heavy atom. The zero-order valence-corrected chi connectivity index (χ0v) is 13.0. The third-order valence-corrected chi connectivity index (χ3v) is 3.93. The Hall–Kier alpha value is -1.81. The molecule has 0 saturated carbocycles. The number of nitrogens with one attached hydrogen (secondary N) is 1. The van der Waals surface area contributed by atoms with E-state index in [1.54, 1.807) is 0 Å². The molecule has 4 heteroatoms. The minimum Gasteiger partial charge on any atom is -0.467 e. The second kappa shape index (κ2) is 6.57. The van der Waals surface area contributed by atoms with E-state index in [0.717, 1.165) is 21.3 Å². The average Bonchev–Trinajstić information content (AvgIpc) is 2.48. The van der Waals surface area contributed by atoms with Crippen molar-refractivity contribution in [1.29, 1.82) is 0 Å². The molecule has 2 aromatic rings. The number of benzene rings is 2. The van der Waals surface area contributed by atoms with E-state index >= 15 is 0 Å². The maximum Gasteiger partial charge on any atom is 0.332 e. The molecule has 0 aliphatic carbocycles. The van der Waals surface area contributed by atoms with Gasteiger partial charge in [0.1, 0.15) is 0 Å². The molecule has 1 unspecified atom stereocenters. The summed E-state index contributed by atoms with van der Waals surface area (Å²) < 4.78 is 5.91. The number of hydrogen-bond donors (Lipinski definition) is 1. The lowest BCUT2D eigenvalue weighted by atomic mass is 10.0. The van der Waals surface area contributed by atoms with Gasteiger partial charge in [0.15, 0.2) is 6.04 Å². The van der Waals surface area contributed by atoms with Crippen molar-refractivity contribution in [3.63, 3.8) is 0 Å². The molecule has 1 atom stereocenters. The van der Waals surface area contributed by atoms with E-state index in [1.165, 1.54) is 7.11 Å². The van der Waals surface area contributed by atoms with Crippen LogP contribution in [0.25, 0.3) is 0 Å². The number of esters is 1. The van der Waals surface area contributed by atoms with Crippen molar-refractivity contribution >= 4 is 27.6 Å². The summed E-state index contributed by atoms with van der Waals surface area (Å²) in [6.07, 6.45) is 0. The summed E-state index contributed by atoms with van der Waals surface area (Å²) in [5.41, 5.74) is 2.83. The Balaban J connectivity index is 2.32. The third-order valence-electron chi connectivity index (χ3n) is 3.04. The van der Waals surface area contributed by atoms with E-state index in [-0.39, 0.29) is 5.97 Å². The van der Waals surface area contributed by atoms with E-state index in [0.29, 0.717) is 0 Å². The van der Waals surface area contributed by atoms with Gasteiger partial charge in [0.25, 0.3) is 0 Å². The largest absolute Gasteiger partial charge is 0.467 e. The van der Waals surface area contributed by atoms with E-state index in [1.807, 2.05) is 55.5 Å². The van der Waals surface area contributed by atoms with Crippen molar-refractivity contribution in [2.75, 3.05) is 12.4 Å². The molecule has 0 bridgehead atoms. The number of para-hydroxylation sites is 1. The predicted octanol–water partition coefficient (Wildman–Crippen LogP) is 4.08. The third kappa shape index (κ3) is 3.39. The van der Waals surface area contributed by atoms with Crippen LogP contribution in [-0.4, -0.2) is 13.1 Å². The topological polar surface area (TPSA) is 38.3 Å². The molecule has 2 aromatic carbocycles. The first-order valence-electron chi connectivity index (χ1n) is 6.27. The zero-order chi connectivity index (χ0) is 14.5. The lowest BCUT2D eigenvalue weighted by Crippen LogP contribution is -2.22. The van der Waals surface area contributed by atoms with Crippen molar-refractivity contribution < 1.29 is 9.53 Å². The molecule has 0 aromatic heterocycles. The van der Waals surface area contributed by atoms with Crippen LogP contribution in [0.1, 0.15) is 17.2 Å². The van der Waals surface area contributed by atoms with Crippen LogP contribution >= 0.6 is 15.9 Å². The number of rotatable bonds is 4. The van der Waals surface area contributed by atoms with Crippen molar-refractivity contribution in [2.24, 2.45) is 0 Å². The highest BCUT2D eigenvalue weighted by atomic mass is 79.9. The molecular formula is C16H16BrNO2. The van der Waals surface area contributed by atoms with Crippen LogP contribution in [0.4, 0.5) is 5.69 Å². The van der Waals surface area contributed by atoms with E-state index in [9.17, 15) is 4.79 Å². The van der Waals surface area contributed by atoms with Gasteiger partial charge in [-0.2, -0.15) is 0 Å². The fourth-order valence-corrected chi connectivity index (χ4v) is 2.19. The first kappa shape index (κ1) is 14.6. The predicted molar refractivity (Wildman–Crippen MR) is 83.7 cm³/mol. The Labute approximate surface area is 127 Å². The molecule has 3 nitrogen and oxygen atoms in total. The van der Waals surface area contributed by atoms with Crippen LogP contribution in [0.5, 0.6) is 0 Å². The monoisotopic (exact) mass is 333 g/mol. The lowest BCUT2D eigenvalue weighted by molar-refractivity contribution is -0.141. The highest BCUT2D eigenvalue weighted by molar-refractivity contribution is 9.10. The summed E-state index contributed by atoms with van der Waals surface area (Å²) in [6, 6.07) is 14.9. The van der Waals surface area contributed by atoms with Crippen LogP contribution in [-0.2, 0) is 9.53 Å². The van der Waals surface area contributed by atoms with Gasteiger partial charge in [-0.05, 0) is 36.2 Å². The second-order valence-corrected chi connectivity index (χ2v) is 5.33. The molecule has 20 heavy (non-hydrogen) atoms. The molecule has 0 amide bonds. The number of halogens is 1. The quantitative estimate of drug-likeness (QED) is 0.856. The van der Waals surface area contributed by atoms with Crippen molar-refractivity contribution in [3.8, 4) is 0 Å². The Bertz CT molecular complexity index is 599. The van der Waals surface area contributed by atoms with Gasteiger partial charge in [-0.3, -0.25) is 0 Å². The maximum atomic E-state index is 12.0. The molecule has 0 heterocycles. The molecule has 0 aliphatic rings. The summed E-state index contributed by atoms with van der Waals surface area (Å²) >= 11 is 3.46. The van der Waals surface area contributed by atoms with Gasteiger partial charge in [-0.25, -0.2) is 4.79 Å². The van der Waals surface area contributed by atoms with Gasteiger partial charge in [0.05, 0.1) is 7.11 Å². The van der Waals surface area contributed by atoms with Crippen molar-refractivity contribution in [1.82, 2.24) is 0 Å². The minimum absolute atomic E-state index is 0.310. The first-order valence-corrected chi connectivity index (χ1v) is 7.06.